The highest BCUT2D eigenvalue weighted by atomic mass is 32.2. The standard InChI is InChI=1S/C14H21NO5S2/c1-2-18-9-12-8-14(11-20-12)10-19-6-5-15(14)22(16,17)13-4-3-7-21-13/h3-4,7,12H,2,5-6,8-11H2,1H3/t12-,14-/m1/s1. The summed E-state index contributed by atoms with van der Waals surface area (Å²) in [5, 5.41) is 1.78. The van der Waals surface area contributed by atoms with Crippen LogP contribution in [-0.4, -0.2) is 63.9 Å². The van der Waals surface area contributed by atoms with Crippen molar-refractivity contribution < 1.29 is 22.6 Å². The van der Waals surface area contributed by atoms with Gasteiger partial charge in [0, 0.05) is 13.2 Å². The third kappa shape index (κ3) is 2.95. The Kier molecular flexibility index (Phi) is 4.86. The second kappa shape index (κ2) is 6.54. The van der Waals surface area contributed by atoms with Crippen LogP contribution in [0.5, 0.6) is 0 Å². The molecule has 0 saturated carbocycles. The van der Waals surface area contributed by atoms with E-state index in [0.29, 0.717) is 50.2 Å². The molecule has 0 amide bonds. The van der Waals surface area contributed by atoms with Gasteiger partial charge < -0.3 is 14.2 Å². The summed E-state index contributed by atoms with van der Waals surface area (Å²) >= 11 is 1.24. The Bertz CT molecular complexity index is 588. The van der Waals surface area contributed by atoms with Crippen LogP contribution >= 0.6 is 11.3 Å². The summed E-state index contributed by atoms with van der Waals surface area (Å²) in [4.78, 5) is 0. The molecule has 2 atom stereocenters. The first-order valence-corrected chi connectivity index (χ1v) is 9.74. The Morgan fingerprint density at radius 3 is 3.09 bits per heavy atom. The van der Waals surface area contributed by atoms with Gasteiger partial charge in [0.2, 0.25) is 0 Å². The van der Waals surface area contributed by atoms with Crippen molar-refractivity contribution >= 4 is 21.4 Å². The number of rotatable bonds is 5. The predicted octanol–water partition coefficient (Wildman–Crippen LogP) is 1.33. The van der Waals surface area contributed by atoms with Crippen molar-refractivity contribution in [1.82, 2.24) is 4.31 Å². The Balaban J connectivity index is 1.83. The van der Waals surface area contributed by atoms with Crippen LogP contribution in [0.2, 0.25) is 0 Å². The molecule has 1 spiro atoms. The molecule has 1 aromatic rings. The molecule has 0 radical (unpaired) electrons. The van der Waals surface area contributed by atoms with Crippen LogP contribution in [0.1, 0.15) is 13.3 Å². The third-order valence-electron chi connectivity index (χ3n) is 4.08. The first-order chi connectivity index (χ1) is 10.6. The van der Waals surface area contributed by atoms with Crippen molar-refractivity contribution in [1.29, 1.82) is 0 Å². The van der Waals surface area contributed by atoms with Crippen molar-refractivity contribution in [2.75, 3.05) is 39.6 Å². The molecule has 2 fully saturated rings. The van der Waals surface area contributed by atoms with E-state index in [0.717, 1.165) is 0 Å². The van der Waals surface area contributed by atoms with E-state index in [1.54, 1.807) is 21.8 Å². The van der Waals surface area contributed by atoms with E-state index < -0.39 is 15.6 Å². The van der Waals surface area contributed by atoms with Gasteiger partial charge in [-0.2, -0.15) is 4.31 Å². The fourth-order valence-corrected chi connectivity index (χ4v) is 5.90. The van der Waals surface area contributed by atoms with Crippen LogP contribution in [0.4, 0.5) is 0 Å². The van der Waals surface area contributed by atoms with Crippen LogP contribution < -0.4 is 0 Å². The number of sulfonamides is 1. The highest BCUT2D eigenvalue weighted by Gasteiger charge is 2.52. The minimum atomic E-state index is -3.50. The molecule has 0 aromatic carbocycles. The fraction of sp³-hybridized carbons (Fsp3) is 0.714. The molecule has 3 rings (SSSR count). The minimum Gasteiger partial charge on any atom is -0.379 e. The number of nitrogens with zero attached hydrogens (tertiary/aromatic N) is 1. The summed E-state index contributed by atoms with van der Waals surface area (Å²) in [6, 6.07) is 3.41. The maximum atomic E-state index is 12.9. The molecule has 2 aliphatic rings. The lowest BCUT2D eigenvalue weighted by Gasteiger charge is -2.42. The lowest BCUT2D eigenvalue weighted by molar-refractivity contribution is -0.0314. The molecule has 0 bridgehead atoms. The molecule has 0 unspecified atom stereocenters. The van der Waals surface area contributed by atoms with Gasteiger partial charge in [-0.25, -0.2) is 8.42 Å². The van der Waals surface area contributed by atoms with E-state index in [9.17, 15) is 8.42 Å². The van der Waals surface area contributed by atoms with Crippen molar-refractivity contribution in [3.05, 3.63) is 17.5 Å². The maximum absolute atomic E-state index is 12.9. The van der Waals surface area contributed by atoms with Crippen LogP contribution in [0, 0.1) is 0 Å². The molecule has 3 heterocycles. The van der Waals surface area contributed by atoms with Crippen molar-refractivity contribution in [2.45, 2.75) is 29.2 Å². The topological polar surface area (TPSA) is 65.1 Å². The summed E-state index contributed by atoms with van der Waals surface area (Å²) in [6.45, 7) is 4.57. The summed E-state index contributed by atoms with van der Waals surface area (Å²) < 4.78 is 44.6. The van der Waals surface area contributed by atoms with Crippen molar-refractivity contribution in [2.24, 2.45) is 0 Å². The summed E-state index contributed by atoms with van der Waals surface area (Å²) in [5.41, 5.74) is -0.608. The molecule has 6 nitrogen and oxygen atoms in total. The van der Waals surface area contributed by atoms with Crippen LogP contribution in [0.25, 0.3) is 0 Å². The lowest BCUT2D eigenvalue weighted by atomic mass is 9.96. The number of hydrogen-bond donors (Lipinski definition) is 0. The van der Waals surface area contributed by atoms with Gasteiger partial charge in [0.15, 0.2) is 0 Å². The van der Waals surface area contributed by atoms with Crippen LogP contribution in [0.15, 0.2) is 21.7 Å². The first kappa shape index (κ1) is 16.4. The van der Waals surface area contributed by atoms with Crippen molar-refractivity contribution in [3.63, 3.8) is 0 Å². The zero-order valence-corrected chi connectivity index (χ0v) is 14.2. The lowest BCUT2D eigenvalue weighted by Crippen LogP contribution is -2.59. The molecule has 124 valence electrons. The Labute approximate surface area is 135 Å². The van der Waals surface area contributed by atoms with E-state index >= 15 is 0 Å². The molecule has 2 aliphatic heterocycles. The van der Waals surface area contributed by atoms with Gasteiger partial charge in [0.25, 0.3) is 10.0 Å². The van der Waals surface area contributed by atoms with Crippen molar-refractivity contribution in [3.8, 4) is 0 Å². The van der Waals surface area contributed by atoms with Gasteiger partial charge in [0.05, 0.1) is 38.1 Å². The van der Waals surface area contributed by atoms with Gasteiger partial charge in [0.1, 0.15) is 4.21 Å². The van der Waals surface area contributed by atoms with E-state index in [-0.39, 0.29) is 6.10 Å². The molecule has 0 aliphatic carbocycles. The second-order valence-corrected chi connectivity index (χ2v) is 8.62. The van der Waals surface area contributed by atoms with Gasteiger partial charge >= 0.3 is 0 Å². The maximum Gasteiger partial charge on any atom is 0.253 e. The zero-order valence-electron chi connectivity index (χ0n) is 12.6. The molecule has 0 N–H and O–H groups in total. The van der Waals surface area contributed by atoms with Crippen LogP contribution in [-0.2, 0) is 24.2 Å². The number of morpholine rings is 1. The zero-order chi connectivity index (χ0) is 15.6. The highest BCUT2D eigenvalue weighted by Crippen LogP contribution is 2.37. The van der Waals surface area contributed by atoms with Crippen LogP contribution in [0.3, 0.4) is 0 Å². The smallest absolute Gasteiger partial charge is 0.253 e. The molecule has 2 saturated heterocycles. The first-order valence-electron chi connectivity index (χ1n) is 7.42. The SMILES string of the molecule is CCOC[C@H]1C[C@@]2(COCCN2S(=O)(=O)c2cccs2)CO1. The predicted molar refractivity (Wildman–Crippen MR) is 82.6 cm³/mol. The Morgan fingerprint density at radius 1 is 1.50 bits per heavy atom. The van der Waals surface area contributed by atoms with Gasteiger partial charge in [-0.1, -0.05) is 6.07 Å². The summed E-state index contributed by atoms with van der Waals surface area (Å²) in [7, 11) is -3.50. The quantitative estimate of drug-likeness (QED) is 0.804. The molecule has 22 heavy (non-hydrogen) atoms. The van der Waals surface area contributed by atoms with Gasteiger partial charge in [-0.3, -0.25) is 0 Å². The fourth-order valence-electron chi connectivity index (χ4n) is 3.06. The monoisotopic (exact) mass is 347 g/mol. The largest absolute Gasteiger partial charge is 0.379 e. The van der Waals surface area contributed by atoms with E-state index in [1.807, 2.05) is 6.92 Å². The summed E-state index contributed by atoms with van der Waals surface area (Å²) in [5.74, 6) is 0. The third-order valence-corrected chi connectivity index (χ3v) is 7.46. The second-order valence-electron chi connectivity index (χ2n) is 5.58. The van der Waals surface area contributed by atoms with Gasteiger partial charge in [-0.15, -0.1) is 11.3 Å². The molecule has 8 heteroatoms. The van der Waals surface area contributed by atoms with E-state index in [2.05, 4.69) is 0 Å². The normalized spacial score (nSPS) is 30.1. The highest BCUT2D eigenvalue weighted by molar-refractivity contribution is 7.91. The number of ether oxygens (including phenoxy) is 3. The number of hydrogen-bond acceptors (Lipinski definition) is 6. The average molecular weight is 347 g/mol. The Morgan fingerprint density at radius 2 is 2.36 bits per heavy atom. The van der Waals surface area contributed by atoms with E-state index in [4.69, 9.17) is 14.2 Å². The number of thiophene rings is 1. The Hall–Kier alpha value is -0.510. The average Bonchev–Trinajstić information content (AvgIpc) is 3.16. The summed E-state index contributed by atoms with van der Waals surface area (Å²) in [6.07, 6.45) is 0.528. The molecule has 1 aromatic heterocycles. The van der Waals surface area contributed by atoms with Gasteiger partial charge in [-0.05, 0) is 24.8 Å². The molecular formula is C14H21NO5S2. The molecular weight excluding hydrogens is 326 g/mol. The van der Waals surface area contributed by atoms with E-state index in [1.165, 1.54) is 11.3 Å². The minimum absolute atomic E-state index is 0.0808.